The summed E-state index contributed by atoms with van der Waals surface area (Å²) >= 11 is 3.41. The van der Waals surface area contributed by atoms with Crippen LogP contribution >= 0.6 is 15.9 Å². The Labute approximate surface area is 100 Å². The molecule has 0 amide bonds. The van der Waals surface area contributed by atoms with E-state index >= 15 is 0 Å². The Hall–Kier alpha value is -0.380. The van der Waals surface area contributed by atoms with Gasteiger partial charge in [0.1, 0.15) is 0 Å². The Kier molecular flexibility index (Phi) is 4.32. The summed E-state index contributed by atoms with van der Waals surface area (Å²) in [6.45, 7) is 5.00. The van der Waals surface area contributed by atoms with Gasteiger partial charge in [0.2, 0.25) is 0 Å². The lowest BCUT2D eigenvalue weighted by molar-refractivity contribution is 0.271. The Bertz CT molecular complexity index is 306. The molecule has 0 heterocycles. The topological polar surface area (TPSA) is 52.0 Å². The highest BCUT2D eigenvalue weighted by molar-refractivity contribution is 9.10. The van der Waals surface area contributed by atoms with Crippen LogP contribution in [0.1, 0.15) is 31.9 Å². The van der Waals surface area contributed by atoms with Crippen LogP contribution in [0.2, 0.25) is 0 Å². The zero-order valence-electron chi connectivity index (χ0n) is 9.33. The van der Waals surface area contributed by atoms with Crippen molar-refractivity contribution < 1.29 is 0 Å². The summed E-state index contributed by atoms with van der Waals surface area (Å²) in [4.78, 5) is 0. The molecule has 0 radical (unpaired) electrons. The van der Waals surface area contributed by atoms with Crippen LogP contribution in [0.3, 0.4) is 0 Å². The third kappa shape index (κ3) is 3.30. The number of nitrogens with two attached hydrogens (primary N) is 2. The monoisotopic (exact) mass is 270 g/mol. The second-order valence-corrected chi connectivity index (χ2v) is 5.47. The van der Waals surface area contributed by atoms with Crippen molar-refractivity contribution in [1.82, 2.24) is 0 Å². The summed E-state index contributed by atoms with van der Waals surface area (Å²) in [5.41, 5.74) is 13.0. The van der Waals surface area contributed by atoms with Crippen LogP contribution in [0.4, 0.5) is 0 Å². The summed E-state index contributed by atoms with van der Waals surface area (Å²) < 4.78 is 1.08. The molecule has 1 aromatic carbocycles. The molecular weight excluding hydrogens is 252 g/mol. The molecule has 0 aliphatic heterocycles. The van der Waals surface area contributed by atoms with Gasteiger partial charge in [-0.15, -0.1) is 0 Å². The third-order valence-electron chi connectivity index (χ3n) is 2.86. The van der Waals surface area contributed by atoms with Crippen LogP contribution < -0.4 is 11.5 Å². The SMILES string of the molecule is CC(C)(CCN)C(N)c1ccc(Br)cc1. The molecular formula is C12H19BrN2. The number of halogens is 1. The minimum Gasteiger partial charge on any atom is -0.330 e. The second-order valence-electron chi connectivity index (χ2n) is 4.56. The highest BCUT2D eigenvalue weighted by Gasteiger charge is 2.26. The average molecular weight is 271 g/mol. The summed E-state index contributed by atoms with van der Waals surface area (Å²) in [7, 11) is 0. The van der Waals surface area contributed by atoms with Gasteiger partial charge in [0, 0.05) is 10.5 Å². The van der Waals surface area contributed by atoms with Crippen LogP contribution in [0, 0.1) is 5.41 Å². The maximum Gasteiger partial charge on any atom is 0.0347 e. The van der Waals surface area contributed by atoms with Crippen LogP contribution in [-0.4, -0.2) is 6.54 Å². The Morgan fingerprint density at radius 2 is 1.80 bits per heavy atom. The van der Waals surface area contributed by atoms with Gasteiger partial charge in [-0.25, -0.2) is 0 Å². The van der Waals surface area contributed by atoms with Crippen molar-refractivity contribution in [3.8, 4) is 0 Å². The maximum atomic E-state index is 6.24. The molecule has 1 rings (SSSR count). The lowest BCUT2D eigenvalue weighted by Crippen LogP contribution is -2.31. The molecule has 0 bridgehead atoms. The predicted octanol–water partition coefficient (Wildman–Crippen LogP) is 2.82. The van der Waals surface area contributed by atoms with Crippen molar-refractivity contribution in [1.29, 1.82) is 0 Å². The number of rotatable bonds is 4. The first kappa shape index (κ1) is 12.7. The summed E-state index contributed by atoms with van der Waals surface area (Å²) in [5, 5.41) is 0. The molecule has 1 aromatic rings. The molecule has 0 aliphatic carbocycles. The summed E-state index contributed by atoms with van der Waals surface area (Å²) in [5.74, 6) is 0. The first-order chi connectivity index (χ1) is 6.97. The van der Waals surface area contributed by atoms with Gasteiger partial charge >= 0.3 is 0 Å². The molecule has 0 spiro atoms. The van der Waals surface area contributed by atoms with Gasteiger partial charge in [0.05, 0.1) is 0 Å². The molecule has 0 aromatic heterocycles. The largest absolute Gasteiger partial charge is 0.330 e. The van der Waals surface area contributed by atoms with Gasteiger partial charge < -0.3 is 11.5 Å². The number of benzene rings is 1. The fourth-order valence-electron chi connectivity index (χ4n) is 1.65. The maximum absolute atomic E-state index is 6.24. The zero-order valence-corrected chi connectivity index (χ0v) is 10.9. The van der Waals surface area contributed by atoms with Crippen molar-refractivity contribution in [3.05, 3.63) is 34.3 Å². The van der Waals surface area contributed by atoms with E-state index in [1.54, 1.807) is 0 Å². The van der Waals surface area contributed by atoms with E-state index in [1.807, 2.05) is 12.1 Å². The number of hydrogen-bond donors (Lipinski definition) is 2. The van der Waals surface area contributed by atoms with Gasteiger partial charge in [-0.05, 0) is 36.1 Å². The van der Waals surface area contributed by atoms with E-state index in [9.17, 15) is 0 Å². The first-order valence-electron chi connectivity index (χ1n) is 5.18. The van der Waals surface area contributed by atoms with Gasteiger partial charge in [0.15, 0.2) is 0 Å². The summed E-state index contributed by atoms with van der Waals surface area (Å²) in [6.07, 6.45) is 0.935. The lowest BCUT2D eigenvalue weighted by atomic mass is 9.78. The Balaban J connectivity index is 2.84. The van der Waals surface area contributed by atoms with Gasteiger partial charge in [-0.3, -0.25) is 0 Å². The fraction of sp³-hybridized carbons (Fsp3) is 0.500. The third-order valence-corrected chi connectivity index (χ3v) is 3.39. The molecule has 0 saturated heterocycles. The van der Waals surface area contributed by atoms with Gasteiger partial charge in [0.25, 0.3) is 0 Å². The normalized spacial score (nSPS) is 13.9. The van der Waals surface area contributed by atoms with E-state index in [1.165, 1.54) is 0 Å². The molecule has 1 unspecified atom stereocenters. The van der Waals surface area contributed by atoms with Crippen molar-refractivity contribution in [2.75, 3.05) is 6.54 Å². The minimum absolute atomic E-state index is 0.0362. The van der Waals surface area contributed by atoms with E-state index in [4.69, 9.17) is 11.5 Å². The van der Waals surface area contributed by atoms with E-state index in [-0.39, 0.29) is 11.5 Å². The Morgan fingerprint density at radius 1 is 1.27 bits per heavy atom. The van der Waals surface area contributed by atoms with E-state index in [0.717, 1.165) is 16.5 Å². The van der Waals surface area contributed by atoms with Crippen LogP contribution in [0.5, 0.6) is 0 Å². The van der Waals surface area contributed by atoms with E-state index < -0.39 is 0 Å². The standard InChI is InChI=1S/C12H19BrN2/c1-12(2,7-8-14)11(15)9-3-5-10(13)6-4-9/h3-6,11H,7-8,14-15H2,1-2H3. The smallest absolute Gasteiger partial charge is 0.0347 e. The molecule has 15 heavy (non-hydrogen) atoms. The first-order valence-corrected chi connectivity index (χ1v) is 5.98. The predicted molar refractivity (Wildman–Crippen MR) is 68.5 cm³/mol. The molecule has 84 valence electrons. The second kappa shape index (κ2) is 5.10. The quantitative estimate of drug-likeness (QED) is 0.884. The van der Waals surface area contributed by atoms with E-state index in [0.29, 0.717) is 6.54 Å². The van der Waals surface area contributed by atoms with Crippen LogP contribution in [0.15, 0.2) is 28.7 Å². The van der Waals surface area contributed by atoms with Crippen LogP contribution in [0.25, 0.3) is 0 Å². The summed E-state index contributed by atoms with van der Waals surface area (Å²) in [6, 6.07) is 8.20. The molecule has 0 aliphatic rings. The fourth-order valence-corrected chi connectivity index (χ4v) is 1.91. The minimum atomic E-state index is 0.0362. The highest BCUT2D eigenvalue weighted by Crippen LogP contribution is 2.34. The van der Waals surface area contributed by atoms with Crippen molar-refractivity contribution in [3.63, 3.8) is 0 Å². The van der Waals surface area contributed by atoms with Crippen LogP contribution in [-0.2, 0) is 0 Å². The molecule has 2 nitrogen and oxygen atoms in total. The number of hydrogen-bond acceptors (Lipinski definition) is 2. The van der Waals surface area contributed by atoms with Gasteiger partial charge in [-0.2, -0.15) is 0 Å². The van der Waals surface area contributed by atoms with Gasteiger partial charge in [-0.1, -0.05) is 41.9 Å². The molecule has 0 fully saturated rings. The van der Waals surface area contributed by atoms with Crippen molar-refractivity contribution in [2.45, 2.75) is 26.3 Å². The Morgan fingerprint density at radius 3 is 2.27 bits per heavy atom. The molecule has 1 atom stereocenters. The van der Waals surface area contributed by atoms with Crippen molar-refractivity contribution >= 4 is 15.9 Å². The van der Waals surface area contributed by atoms with Crippen molar-refractivity contribution in [2.24, 2.45) is 16.9 Å². The lowest BCUT2D eigenvalue weighted by Gasteiger charge is -2.31. The molecule has 4 N–H and O–H groups in total. The van der Waals surface area contributed by atoms with E-state index in [2.05, 4.69) is 41.9 Å². The molecule has 3 heteroatoms. The molecule has 0 saturated carbocycles. The average Bonchev–Trinajstić information content (AvgIpc) is 2.18. The highest BCUT2D eigenvalue weighted by atomic mass is 79.9. The zero-order chi connectivity index (χ0) is 11.5.